The molecule has 1 aromatic heterocycles. The van der Waals surface area contributed by atoms with Crippen molar-refractivity contribution in [3.63, 3.8) is 0 Å². The van der Waals surface area contributed by atoms with Gasteiger partial charge in [-0.15, -0.1) is 11.3 Å². The molecule has 0 fully saturated rings. The van der Waals surface area contributed by atoms with Gasteiger partial charge in [0.15, 0.2) is 6.61 Å². The molecule has 0 bridgehead atoms. The Bertz CT molecular complexity index is 775. The predicted octanol–water partition coefficient (Wildman–Crippen LogP) is 2.23. The number of hydrogen-bond donors (Lipinski definition) is 2. The number of carbonyl (C=O) groups excluding carboxylic acids is 3. The predicted molar refractivity (Wildman–Crippen MR) is 89.2 cm³/mol. The molecule has 6 nitrogen and oxygen atoms in total. The summed E-state index contributed by atoms with van der Waals surface area (Å²) >= 11 is 13.2. The number of amides is 2. The Morgan fingerprint density at radius 2 is 1.96 bits per heavy atom. The van der Waals surface area contributed by atoms with Gasteiger partial charge in [0.25, 0.3) is 5.91 Å². The minimum Gasteiger partial charge on any atom is -0.451 e. The lowest BCUT2D eigenvalue weighted by Gasteiger charge is -2.05. The lowest BCUT2D eigenvalue weighted by Crippen LogP contribution is -2.37. The van der Waals surface area contributed by atoms with Crippen LogP contribution in [-0.4, -0.2) is 38.0 Å². The van der Waals surface area contributed by atoms with Crippen LogP contribution in [0, 0.1) is 0 Å². The Morgan fingerprint density at radius 3 is 2.65 bits per heavy atom. The Labute approximate surface area is 145 Å². The maximum absolute atomic E-state index is 12.0. The summed E-state index contributed by atoms with van der Waals surface area (Å²) in [6.45, 7) is -0.684. The quantitative estimate of drug-likeness (QED) is 0.785. The highest BCUT2D eigenvalue weighted by Crippen LogP contribution is 2.37. The molecular formula is C14H12Cl2N2O4S. The molecule has 9 heteroatoms. The number of rotatable bonds is 5. The standard InChI is InChI=1S/C14H12Cl2N2O4S/c1-17-10(19)5-18-11(20)6-22-14(21)13-12(16)8-3-2-7(15)4-9(8)23-13/h2-4H,5-6H2,1H3,(H,17,19)(H,18,20). The van der Waals surface area contributed by atoms with Crippen LogP contribution in [0.1, 0.15) is 9.67 Å². The number of carbonyl (C=O) groups is 3. The SMILES string of the molecule is CNC(=O)CNC(=O)COC(=O)c1sc2cc(Cl)ccc2c1Cl. The van der Waals surface area contributed by atoms with E-state index in [2.05, 4.69) is 10.6 Å². The first-order chi connectivity index (χ1) is 10.9. The normalized spacial score (nSPS) is 10.4. The molecule has 23 heavy (non-hydrogen) atoms. The van der Waals surface area contributed by atoms with E-state index in [4.69, 9.17) is 27.9 Å². The van der Waals surface area contributed by atoms with Gasteiger partial charge in [-0.2, -0.15) is 0 Å². The van der Waals surface area contributed by atoms with Crippen LogP contribution in [0.5, 0.6) is 0 Å². The molecule has 0 aliphatic rings. The summed E-state index contributed by atoms with van der Waals surface area (Å²) < 4.78 is 5.66. The minimum atomic E-state index is -0.706. The van der Waals surface area contributed by atoms with Gasteiger partial charge in [-0.1, -0.05) is 29.3 Å². The zero-order valence-corrected chi connectivity index (χ0v) is 14.3. The molecular weight excluding hydrogens is 363 g/mol. The van der Waals surface area contributed by atoms with Gasteiger partial charge in [0, 0.05) is 22.2 Å². The molecule has 0 spiro atoms. The molecule has 1 aromatic carbocycles. The number of ether oxygens (including phenoxy) is 1. The second-order valence-electron chi connectivity index (χ2n) is 4.41. The third-order valence-corrected chi connectivity index (χ3v) is 4.71. The number of benzene rings is 1. The summed E-state index contributed by atoms with van der Waals surface area (Å²) in [5, 5.41) is 6.15. The number of thiophene rings is 1. The second-order valence-corrected chi connectivity index (χ2v) is 6.28. The van der Waals surface area contributed by atoms with Crippen molar-refractivity contribution in [2.24, 2.45) is 0 Å². The zero-order valence-electron chi connectivity index (χ0n) is 11.9. The minimum absolute atomic E-state index is 0.185. The molecule has 122 valence electrons. The third-order valence-electron chi connectivity index (χ3n) is 2.84. The van der Waals surface area contributed by atoms with E-state index in [0.717, 1.165) is 16.0 Å². The Morgan fingerprint density at radius 1 is 1.22 bits per heavy atom. The number of nitrogens with one attached hydrogen (secondary N) is 2. The molecule has 2 N–H and O–H groups in total. The number of fused-ring (bicyclic) bond motifs is 1. The number of esters is 1. The summed E-state index contributed by atoms with van der Waals surface area (Å²) in [5.74, 6) is -1.64. The van der Waals surface area contributed by atoms with E-state index in [1.165, 1.54) is 7.05 Å². The van der Waals surface area contributed by atoms with Gasteiger partial charge in [0.05, 0.1) is 11.6 Å². The lowest BCUT2D eigenvalue weighted by atomic mass is 10.2. The monoisotopic (exact) mass is 374 g/mol. The van der Waals surface area contributed by atoms with Crippen LogP contribution in [0.25, 0.3) is 10.1 Å². The number of likely N-dealkylation sites (N-methyl/N-ethyl adjacent to an activating group) is 1. The van der Waals surface area contributed by atoms with E-state index in [0.29, 0.717) is 10.4 Å². The average molecular weight is 375 g/mol. The van der Waals surface area contributed by atoms with Gasteiger partial charge in [-0.25, -0.2) is 4.79 Å². The van der Waals surface area contributed by atoms with Crippen molar-refractivity contribution in [3.05, 3.63) is 33.1 Å². The van der Waals surface area contributed by atoms with Crippen LogP contribution >= 0.6 is 34.5 Å². The summed E-state index contributed by atoms with van der Waals surface area (Å²) in [6, 6.07) is 5.08. The zero-order chi connectivity index (χ0) is 17.0. The highest BCUT2D eigenvalue weighted by molar-refractivity contribution is 7.21. The van der Waals surface area contributed by atoms with Crippen LogP contribution in [0.3, 0.4) is 0 Å². The highest BCUT2D eigenvalue weighted by atomic mass is 35.5. The first kappa shape index (κ1) is 17.5. The summed E-state index contributed by atoms with van der Waals surface area (Å²) in [7, 11) is 1.45. The van der Waals surface area contributed by atoms with Crippen molar-refractivity contribution in [2.75, 3.05) is 20.2 Å². The van der Waals surface area contributed by atoms with E-state index >= 15 is 0 Å². The topological polar surface area (TPSA) is 84.5 Å². The molecule has 2 aromatic rings. The number of halogens is 2. The van der Waals surface area contributed by atoms with Crippen molar-refractivity contribution in [3.8, 4) is 0 Å². The van der Waals surface area contributed by atoms with Gasteiger partial charge in [0.1, 0.15) is 4.88 Å². The Hall–Kier alpha value is -1.83. The molecule has 0 radical (unpaired) electrons. The lowest BCUT2D eigenvalue weighted by molar-refractivity contribution is -0.127. The van der Waals surface area contributed by atoms with E-state index in [9.17, 15) is 14.4 Å². The molecule has 2 rings (SSSR count). The van der Waals surface area contributed by atoms with Gasteiger partial charge < -0.3 is 15.4 Å². The average Bonchev–Trinajstić information content (AvgIpc) is 2.86. The number of hydrogen-bond acceptors (Lipinski definition) is 5. The van der Waals surface area contributed by atoms with Gasteiger partial charge in [0.2, 0.25) is 5.91 Å². The first-order valence-electron chi connectivity index (χ1n) is 6.44. The van der Waals surface area contributed by atoms with Crippen LogP contribution in [0.2, 0.25) is 10.0 Å². The maximum Gasteiger partial charge on any atom is 0.350 e. The fourth-order valence-corrected chi connectivity index (χ4v) is 3.36. The molecule has 0 aliphatic heterocycles. The van der Waals surface area contributed by atoms with Crippen molar-refractivity contribution >= 4 is 62.4 Å². The van der Waals surface area contributed by atoms with Gasteiger partial charge in [-0.05, 0) is 12.1 Å². The molecule has 0 unspecified atom stereocenters. The largest absolute Gasteiger partial charge is 0.451 e. The molecule has 2 amide bonds. The van der Waals surface area contributed by atoms with Crippen LogP contribution in [0.4, 0.5) is 0 Å². The van der Waals surface area contributed by atoms with E-state index < -0.39 is 18.5 Å². The van der Waals surface area contributed by atoms with Crippen molar-refractivity contribution in [2.45, 2.75) is 0 Å². The fourth-order valence-electron chi connectivity index (χ4n) is 1.69. The molecule has 0 aliphatic carbocycles. The summed E-state index contributed by atoms with van der Waals surface area (Å²) in [4.78, 5) is 34.7. The van der Waals surface area contributed by atoms with E-state index in [-0.39, 0.29) is 22.4 Å². The van der Waals surface area contributed by atoms with Crippen LogP contribution < -0.4 is 10.6 Å². The second kappa shape index (κ2) is 7.63. The maximum atomic E-state index is 12.0. The van der Waals surface area contributed by atoms with Crippen molar-refractivity contribution in [1.29, 1.82) is 0 Å². The molecule has 1 heterocycles. The summed E-state index contributed by atoms with van der Waals surface area (Å²) in [6.07, 6.45) is 0. The van der Waals surface area contributed by atoms with Crippen molar-refractivity contribution in [1.82, 2.24) is 10.6 Å². The van der Waals surface area contributed by atoms with Gasteiger partial charge >= 0.3 is 5.97 Å². The molecule has 0 atom stereocenters. The molecule has 0 saturated carbocycles. The smallest absolute Gasteiger partial charge is 0.350 e. The Balaban J connectivity index is 2.00. The van der Waals surface area contributed by atoms with Crippen molar-refractivity contribution < 1.29 is 19.1 Å². The van der Waals surface area contributed by atoms with E-state index in [1.807, 2.05) is 0 Å². The van der Waals surface area contributed by atoms with Gasteiger partial charge in [-0.3, -0.25) is 9.59 Å². The summed E-state index contributed by atoms with van der Waals surface area (Å²) in [5.41, 5.74) is 0. The third kappa shape index (κ3) is 4.34. The fraction of sp³-hybridized carbons (Fsp3) is 0.214. The van der Waals surface area contributed by atoms with E-state index in [1.54, 1.807) is 18.2 Å². The first-order valence-corrected chi connectivity index (χ1v) is 8.01. The Kier molecular flexibility index (Phi) is 5.81. The van der Waals surface area contributed by atoms with Crippen LogP contribution in [0.15, 0.2) is 18.2 Å². The highest BCUT2D eigenvalue weighted by Gasteiger charge is 2.19. The van der Waals surface area contributed by atoms with Crippen LogP contribution in [-0.2, 0) is 14.3 Å². The molecule has 0 saturated heterocycles.